The quantitative estimate of drug-likeness (QED) is 0.405. The molecule has 0 radical (unpaired) electrons. The summed E-state index contributed by atoms with van der Waals surface area (Å²) in [6.07, 6.45) is 6.50. The number of hydrogen-bond acceptors (Lipinski definition) is 2. The molecule has 1 aromatic heterocycles. The topological polar surface area (TPSA) is 22.1 Å². The van der Waals surface area contributed by atoms with E-state index in [-0.39, 0.29) is 25.0 Å². The van der Waals surface area contributed by atoms with Crippen molar-refractivity contribution in [2.75, 3.05) is 0 Å². The monoisotopic (exact) mass is 285 g/mol. The van der Waals surface area contributed by atoms with Gasteiger partial charge in [-0.15, -0.1) is 0 Å². The van der Waals surface area contributed by atoms with Crippen LogP contribution >= 0.6 is 0 Å². The molecule has 0 aliphatic heterocycles. The third-order valence-corrected chi connectivity index (χ3v) is 4.87. The average molecular weight is 285 g/mol. The van der Waals surface area contributed by atoms with Crippen LogP contribution in [-0.4, -0.2) is 19.2 Å². The van der Waals surface area contributed by atoms with Gasteiger partial charge in [0.25, 0.3) is 0 Å². The summed E-state index contributed by atoms with van der Waals surface area (Å²) in [4.78, 5) is 4.61. The van der Waals surface area contributed by atoms with Crippen LogP contribution in [0.2, 0.25) is 13.1 Å². The molecule has 2 nitrogen and oxygen atoms in total. The van der Waals surface area contributed by atoms with E-state index >= 15 is 0 Å². The fourth-order valence-electron chi connectivity index (χ4n) is 1.98. The fourth-order valence-corrected chi connectivity index (χ4v) is 2.94. The molecule has 4 heteroatoms. The van der Waals surface area contributed by atoms with Crippen LogP contribution in [-0.2, 0) is 0 Å². The Hall–Kier alpha value is -0.236. The molecule has 0 bridgehead atoms. The number of aromatic nitrogens is 1. The van der Waals surface area contributed by atoms with Crippen molar-refractivity contribution in [3.63, 3.8) is 0 Å². The van der Waals surface area contributed by atoms with Crippen molar-refractivity contribution in [2.24, 2.45) is 0 Å². The van der Waals surface area contributed by atoms with Crippen LogP contribution in [0.15, 0.2) is 18.2 Å². The summed E-state index contributed by atoms with van der Waals surface area (Å²) in [7, 11) is -1.59. The number of hydrogen-bond donors (Lipinski definition) is 0. The molecule has 0 saturated carbocycles. The van der Waals surface area contributed by atoms with E-state index in [1.54, 1.807) is 0 Å². The predicted octanol–water partition coefficient (Wildman–Crippen LogP) is 1.11. The number of ether oxygens (including phenoxy) is 1. The van der Waals surface area contributed by atoms with Crippen molar-refractivity contribution in [1.29, 1.82) is 0 Å². The maximum atomic E-state index is 5.91. The van der Waals surface area contributed by atoms with Gasteiger partial charge in [-0.25, -0.2) is 4.98 Å². The van der Waals surface area contributed by atoms with E-state index in [4.69, 9.17) is 4.74 Å². The Morgan fingerprint density at radius 1 is 1.25 bits per heavy atom. The van der Waals surface area contributed by atoms with Gasteiger partial charge in [-0.3, -0.25) is 0 Å². The zero-order valence-electron chi connectivity index (χ0n) is 13.9. The van der Waals surface area contributed by atoms with Crippen molar-refractivity contribution >= 4 is 13.4 Å². The Morgan fingerprint density at radius 2 is 1.95 bits per heavy atom. The number of rotatable bonds is 8. The molecule has 1 heterocycles. The van der Waals surface area contributed by atoms with Crippen molar-refractivity contribution in [3.8, 4) is 5.88 Å². The van der Waals surface area contributed by atoms with Crippen molar-refractivity contribution in [3.05, 3.63) is 24.7 Å². The minimum absolute atomic E-state index is 0. The van der Waals surface area contributed by atoms with Gasteiger partial charge in [0.15, 0.2) is 0 Å². The van der Waals surface area contributed by atoms with Crippen LogP contribution in [0, 0.1) is 6.55 Å². The van der Waals surface area contributed by atoms with Crippen molar-refractivity contribution in [2.45, 2.75) is 65.1 Å². The van der Waals surface area contributed by atoms with Crippen molar-refractivity contribution < 1.29 is 23.6 Å². The molecular weight excluding hydrogens is 257 g/mol. The summed E-state index contributed by atoms with van der Waals surface area (Å²) >= 11 is 0. The first kappa shape index (κ1) is 19.8. The maximum absolute atomic E-state index is 5.91. The van der Waals surface area contributed by atoms with Gasteiger partial charge < -0.3 is 11.3 Å². The second-order valence-corrected chi connectivity index (χ2v) is 10.3. The molecular formula is C16H28LiNOSi. The second-order valence-electron chi connectivity index (χ2n) is 6.02. The summed E-state index contributed by atoms with van der Waals surface area (Å²) in [5, 5.41) is 1.11. The molecule has 20 heavy (non-hydrogen) atoms. The van der Waals surface area contributed by atoms with E-state index in [0.717, 1.165) is 17.6 Å². The van der Waals surface area contributed by atoms with Crippen LogP contribution in [0.3, 0.4) is 0 Å². The first-order valence-corrected chi connectivity index (χ1v) is 10.6. The van der Waals surface area contributed by atoms with Gasteiger partial charge in [-0.2, -0.15) is 0 Å². The first-order valence-electron chi connectivity index (χ1n) is 7.43. The van der Waals surface area contributed by atoms with Gasteiger partial charge in [0.05, 0.1) is 6.10 Å². The molecule has 1 rings (SSSR count). The van der Waals surface area contributed by atoms with E-state index in [2.05, 4.69) is 44.5 Å². The number of nitrogens with zero attached hydrogens (tertiary/aromatic N) is 1. The normalized spacial score (nSPS) is 12.7. The summed E-state index contributed by atoms with van der Waals surface area (Å²) in [6.45, 7) is 13.0. The van der Waals surface area contributed by atoms with Gasteiger partial charge in [0.2, 0.25) is 5.88 Å². The molecule has 0 aliphatic rings. The Kier molecular flexibility index (Phi) is 9.54. The molecule has 0 spiro atoms. The Morgan fingerprint density at radius 3 is 2.55 bits per heavy atom. The molecule has 1 unspecified atom stereocenters. The zero-order chi connectivity index (χ0) is 14.3. The van der Waals surface area contributed by atoms with Gasteiger partial charge in [-0.05, 0) is 39.2 Å². The van der Waals surface area contributed by atoms with Crippen molar-refractivity contribution in [1.82, 2.24) is 4.98 Å². The molecule has 0 aliphatic carbocycles. The third kappa shape index (κ3) is 7.52. The third-order valence-electron chi connectivity index (χ3n) is 3.20. The molecule has 0 aromatic carbocycles. The van der Waals surface area contributed by atoms with E-state index < -0.39 is 8.07 Å². The van der Waals surface area contributed by atoms with E-state index in [1.165, 1.54) is 25.7 Å². The molecule has 0 amide bonds. The van der Waals surface area contributed by atoms with Crippen LogP contribution in [0.5, 0.6) is 5.88 Å². The van der Waals surface area contributed by atoms with Gasteiger partial charge in [0.1, 0.15) is 0 Å². The summed E-state index contributed by atoms with van der Waals surface area (Å²) in [6, 6.07) is 6.05. The van der Waals surface area contributed by atoms with Crippen LogP contribution in [0.1, 0.15) is 46.0 Å². The van der Waals surface area contributed by atoms with E-state index in [0.29, 0.717) is 0 Å². The van der Waals surface area contributed by atoms with Crippen LogP contribution in [0.4, 0.5) is 0 Å². The Bertz CT molecular complexity index is 379. The summed E-state index contributed by atoms with van der Waals surface area (Å²) in [5.74, 6) is 0.754. The predicted molar refractivity (Wildman–Crippen MR) is 85.6 cm³/mol. The van der Waals surface area contributed by atoms with E-state index in [1.807, 2.05) is 12.1 Å². The molecule has 1 aromatic rings. The zero-order valence-corrected chi connectivity index (χ0v) is 14.9. The summed E-state index contributed by atoms with van der Waals surface area (Å²) < 4.78 is 5.91. The SMILES string of the molecule is [CH2-][Si](C)(C)c1cccc(OC(C)CCCCCC)n1.[Li+]. The van der Waals surface area contributed by atoms with Gasteiger partial charge >= 0.3 is 18.9 Å². The Labute approximate surface area is 137 Å². The maximum Gasteiger partial charge on any atom is 1.00 e. The smallest absolute Gasteiger partial charge is 0.475 e. The fraction of sp³-hybridized carbons (Fsp3) is 0.625. The molecule has 1 atom stereocenters. The molecule has 108 valence electrons. The van der Waals surface area contributed by atoms with Gasteiger partial charge in [0, 0.05) is 6.07 Å². The number of pyridine rings is 1. The van der Waals surface area contributed by atoms with E-state index in [9.17, 15) is 0 Å². The Balaban J connectivity index is 0.00000361. The number of unbranched alkanes of at least 4 members (excludes halogenated alkanes) is 3. The minimum Gasteiger partial charge on any atom is -0.475 e. The average Bonchev–Trinajstić information content (AvgIpc) is 2.34. The molecule has 0 N–H and O–H groups in total. The largest absolute Gasteiger partial charge is 1.00 e. The van der Waals surface area contributed by atoms with Crippen LogP contribution in [0.25, 0.3) is 0 Å². The summed E-state index contributed by atoms with van der Waals surface area (Å²) in [5.41, 5.74) is 0. The van der Waals surface area contributed by atoms with Crippen LogP contribution < -0.4 is 28.9 Å². The second kappa shape index (κ2) is 9.66. The minimum atomic E-state index is -1.59. The van der Waals surface area contributed by atoms with Gasteiger partial charge in [-0.1, -0.05) is 45.3 Å². The first-order chi connectivity index (χ1) is 8.93. The molecule has 0 saturated heterocycles. The molecule has 0 fully saturated rings. The standard InChI is InChI=1S/C16H28NOSi.Li/c1-6-7-8-9-11-14(2)18-15-12-10-13-16(17-15)19(3,4)5;/h10,12-14H,3,6-9,11H2,1-2,4-5H3;/q-1;+1.